The Balaban J connectivity index is 1.93. The highest BCUT2D eigenvalue weighted by molar-refractivity contribution is 5.34. The third kappa shape index (κ3) is 1.85. The monoisotopic (exact) mass is 242 g/mol. The standard InChI is InChI=1S/C15H18N2O/c1-2-17-11-14(10-16-17)15(18)8-7-12-5-3-4-6-13(12)9-15/h3-6,10-11,18H,2,7-9H2,1H3. The summed E-state index contributed by atoms with van der Waals surface area (Å²) in [7, 11) is 0. The molecule has 2 aromatic rings. The van der Waals surface area contributed by atoms with Crippen molar-refractivity contribution < 1.29 is 5.11 Å². The smallest absolute Gasteiger partial charge is 0.0970 e. The Morgan fingerprint density at radius 2 is 2.11 bits per heavy atom. The highest BCUT2D eigenvalue weighted by Gasteiger charge is 2.34. The van der Waals surface area contributed by atoms with E-state index in [1.807, 2.05) is 16.9 Å². The van der Waals surface area contributed by atoms with Gasteiger partial charge in [0, 0.05) is 24.7 Å². The molecule has 0 radical (unpaired) electrons. The van der Waals surface area contributed by atoms with Crippen LogP contribution in [0.1, 0.15) is 30.0 Å². The van der Waals surface area contributed by atoms with Gasteiger partial charge in [0.25, 0.3) is 0 Å². The van der Waals surface area contributed by atoms with E-state index in [1.165, 1.54) is 11.1 Å². The molecule has 1 aromatic heterocycles. The summed E-state index contributed by atoms with van der Waals surface area (Å²) in [6, 6.07) is 8.38. The fourth-order valence-corrected chi connectivity index (χ4v) is 2.74. The molecule has 3 heteroatoms. The SMILES string of the molecule is CCn1cc(C2(O)CCc3ccccc3C2)cn1. The summed E-state index contributed by atoms with van der Waals surface area (Å²) in [6.07, 6.45) is 6.17. The lowest BCUT2D eigenvalue weighted by atomic mass is 9.77. The molecule has 1 aromatic carbocycles. The number of hydrogen-bond donors (Lipinski definition) is 1. The summed E-state index contributed by atoms with van der Waals surface area (Å²) >= 11 is 0. The number of aliphatic hydroxyl groups is 1. The quantitative estimate of drug-likeness (QED) is 0.877. The number of aryl methyl sites for hydroxylation is 2. The van der Waals surface area contributed by atoms with Crippen LogP contribution in [-0.2, 0) is 25.0 Å². The van der Waals surface area contributed by atoms with E-state index in [-0.39, 0.29) is 0 Å². The first-order valence-corrected chi connectivity index (χ1v) is 6.53. The van der Waals surface area contributed by atoms with Crippen molar-refractivity contribution in [3.05, 3.63) is 53.3 Å². The molecule has 0 saturated carbocycles. The molecule has 18 heavy (non-hydrogen) atoms. The predicted octanol–water partition coefficient (Wildman–Crippen LogP) is 2.28. The average molecular weight is 242 g/mol. The van der Waals surface area contributed by atoms with Gasteiger partial charge in [-0.25, -0.2) is 0 Å². The second-order valence-corrected chi connectivity index (χ2v) is 5.06. The van der Waals surface area contributed by atoms with E-state index in [0.717, 1.165) is 24.9 Å². The molecule has 1 aliphatic carbocycles. The Bertz CT molecular complexity index is 561. The maximum absolute atomic E-state index is 10.8. The van der Waals surface area contributed by atoms with Crippen molar-refractivity contribution in [2.75, 3.05) is 0 Å². The molecular formula is C15H18N2O. The zero-order valence-corrected chi connectivity index (χ0v) is 10.6. The third-order valence-electron chi connectivity index (χ3n) is 3.90. The van der Waals surface area contributed by atoms with Crippen LogP contribution >= 0.6 is 0 Å². The van der Waals surface area contributed by atoms with Crippen LogP contribution in [0.3, 0.4) is 0 Å². The van der Waals surface area contributed by atoms with Gasteiger partial charge in [0.2, 0.25) is 0 Å². The van der Waals surface area contributed by atoms with E-state index >= 15 is 0 Å². The molecule has 0 spiro atoms. The van der Waals surface area contributed by atoms with Gasteiger partial charge in [-0.1, -0.05) is 24.3 Å². The Labute approximate surface area is 107 Å². The fourth-order valence-electron chi connectivity index (χ4n) is 2.74. The van der Waals surface area contributed by atoms with Crippen LogP contribution in [0, 0.1) is 0 Å². The molecular weight excluding hydrogens is 224 g/mol. The van der Waals surface area contributed by atoms with E-state index in [4.69, 9.17) is 0 Å². The van der Waals surface area contributed by atoms with E-state index < -0.39 is 5.60 Å². The van der Waals surface area contributed by atoms with Crippen molar-refractivity contribution >= 4 is 0 Å². The number of nitrogens with zero attached hydrogens (tertiary/aromatic N) is 2. The van der Waals surface area contributed by atoms with E-state index in [0.29, 0.717) is 6.42 Å². The van der Waals surface area contributed by atoms with Crippen molar-refractivity contribution in [3.63, 3.8) is 0 Å². The van der Waals surface area contributed by atoms with Gasteiger partial charge in [-0.3, -0.25) is 4.68 Å². The lowest BCUT2D eigenvalue weighted by Gasteiger charge is -2.32. The first kappa shape index (κ1) is 11.5. The van der Waals surface area contributed by atoms with E-state index in [9.17, 15) is 5.11 Å². The predicted molar refractivity (Wildman–Crippen MR) is 70.3 cm³/mol. The van der Waals surface area contributed by atoms with Crippen LogP contribution in [0.2, 0.25) is 0 Å². The Hall–Kier alpha value is -1.61. The molecule has 0 amide bonds. The maximum Gasteiger partial charge on any atom is 0.0970 e. The molecule has 1 N–H and O–H groups in total. The number of benzene rings is 1. The van der Waals surface area contributed by atoms with Gasteiger partial charge in [-0.2, -0.15) is 5.10 Å². The Kier molecular flexibility index (Phi) is 2.71. The number of hydrogen-bond acceptors (Lipinski definition) is 2. The van der Waals surface area contributed by atoms with Crippen LogP contribution in [0.5, 0.6) is 0 Å². The van der Waals surface area contributed by atoms with E-state index in [1.54, 1.807) is 6.20 Å². The van der Waals surface area contributed by atoms with Crippen LogP contribution in [0.15, 0.2) is 36.7 Å². The van der Waals surface area contributed by atoms with Gasteiger partial charge in [-0.15, -0.1) is 0 Å². The summed E-state index contributed by atoms with van der Waals surface area (Å²) in [5.41, 5.74) is 2.82. The van der Waals surface area contributed by atoms with Gasteiger partial charge >= 0.3 is 0 Å². The molecule has 94 valence electrons. The molecule has 1 atom stereocenters. The minimum Gasteiger partial charge on any atom is -0.385 e. The minimum atomic E-state index is -0.748. The van der Waals surface area contributed by atoms with Crippen LogP contribution in [-0.4, -0.2) is 14.9 Å². The van der Waals surface area contributed by atoms with Crippen molar-refractivity contribution in [1.29, 1.82) is 0 Å². The van der Waals surface area contributed by atoms with Gasteiger partial charge in [0.15, 0.2) is 0 Å². The van der Waals surface area contributed by atoms with Gasteiger partial charge in [-0.05, 0) is 30.9 Å². The zero-order chi connectivity index (χ0) is 12.6. The summed E-state index contributed by atoms with van der Waals surface area (Å²) in [5.74, 6) is 0. The summed E-state index contributed by atoms with van der Waals surface area (Å²) in [6.45, 7) is 2.89. The van der Waals surface area contributed by atoms with E-state index in [2.05, 4.69) is 30.2 Å². The highest BCUT2D eigenvalue weighted by Crippen LogP contribution is 2.36. The third-order valence-corrected chi connectivity index (χ3v) is 3.90. The molecule has 1 heterocycles. The van der Waals surface area contributed by atoms with Crippen molar-refractivity contribution in [2.24, 2.45) is 0 Å². The van der Waals surface area contributed by atoms with Crippen LogP contribution in [0.4, 0.5) is 0 Å². The number of aromatic nitrogens is 2. The largest absolute Gasteiger partial charge is 0.385 e. The number of rotatable bonds is 2. The molecule has 0 bridgehead atoms. The average Bonchev–Trinajstić information content (AvgIpc) is 2.88. The Morgan fingerprint density at radius 1 is 1.33 bits per heavy atom. The molecule has 1 unspecified atom stereocenters. The molecule has 0 fully saturated rings. The molecule has 0 saturated heterocycles. The van der Waals surface area contributed by atoms with Crippen molar-refractivity contribution in [1.82, 2.24) is 9.78 Å². The second kappa shape index (κ2) is 4.25. The molecule has 1 aliphatic rings. The fraction of sp³-hybridized carbons (Fsp3) is 0.400. The van der Waals surface area contributed by atoms with Crippen molar-refractivity contribution in [2.45, 2.75) is 38.3 Å². The summed E-state index contributed by atoms with van der Waals surface area (Å²) < 4.78 is 1.87. The topological polar surface area (TPSA) is 38.0 Å². The van der Waals surface area contributed by atoms with Gasteiger partial charge < -0.3 is 5.11 Å². The summed E-state index contributed by atoms with van der Waals surface area (Å²) in [4.78, 5) is 0. The Morgan fingerprint density at radius 3 is 2.83 bits per heavy atom. The van der Waals surface area contributed by atoms with Crippen LogP contribution < -0.4 is 0 Å². The lowest BCUT2D eigenvalue weighted by molar-refractivity contribution is 0.0222. The molecule has 0 aliphatic heterocycles. The highest BCUT2D eigenvalue weighted by atomic mass is 16.3. The van der Waals surface area contributed by atoms with Gasteiger partial charge in [0.1, 0.15) is 0 Å². The minimum absolute atomic E-state index is 0.693. The number of fused-ring (bicyclic) bond motifs is 1. The first-order chi connectivity index (χ1) is 8.71. The lowest BCUT2D eigenvalue weighted by Crippen LogP contribution is -2.32. The van der Waals surface area contributed by atoms with Gasteiger partial charge in [0.05, 0.1) is 11.8 Å². The molecule has 3 nitrogen and oxygen atoms in total. The van der Waals surface area contributed by atoms with Crippen LogP contribution in [0.25, 0.3) is 0 Å². The second-order valence-electron chi connectivity index (χ2n) is 5.06. The zero-order valence-electron chi connectivity index (χ0n) is 10.6. The molecule has 3 rings (SSSR count). The van der Waals surface area contributed by atoms with Crippen molar-refractivity contribution in [3.8, 4) is 0 Å². The maximum atomic E-state index is 10.8. The first-order valence-electron chi connectivity index (χ1n) is 6.53. The summed E-state index contributed by atoms with van der Waals surface area (Å²) in [5, 5.41) is 15.1. The normalized spacial score (nSPS) is 22.8.